The maximum absolute atomic E-state index is 12.5. The van der Waals surface area contributed by atoms with Crippen LogP contribution >= 0.6 is 0 Å². The zero-order chi connectivity index (χ0) is 22.0. The van der Waals surface area contributed by atoms with Gasteiger partial charge in [-0.25, -0.2) is 4.79 Å². The third-order valence-electron chi connectivity index (χ3n) is 5.09. The molecule has 0 saturated carbocycles. The Labute approximate surface area is 175 Å². The summed E-state index contributed by atoms with van der Waals surface area (Å²) in [5, 5.41) is 2.79. The lowest BCUT2D eigenvalue weighted by Gasteiger charge is -2.21. The first-order chi connectivity index (χ1) is 14.2. The molecule has 1 heterocycles. The number of hydrogen-bond donors (Lipinski definition) is 1. The van der Waals surface area contributed by atoms with Crippen molar-refractivity contribution in [3.05, 3.63) is 64.7 Å². The molecular formula is C23H24N2O5. The number of aryl methyl sites for hydroxylation is 1. The number of rotatable bonds is 6. The van der Waals surface area contributed by atoms with Crippen molar-refractivity contribution in [2.24, 2.45) is 0 Å². The average Bonchev–Trinajstić information content (AvgIpc) is 2.97. The van der Waals surface area contributed by atoms with Crippen molar-refractivity contribution >= 4 is 29.4 Å². The molecule has 1 atom stereocenters. The lowest BCUT2D eigenvalue weighted by atomic mass is 9.98. The number of esters is 1. The number of carbonyl (C=O) groups is 4. The van der Waals surface area contributed by atoms with Crippen molar-refractivity contribution in [1.29, 1.82) is 0 Å². The number of fused-ring (bicyclic) bond motifs is 1. The minimum absolute atomic E-state index is 0.205. The molecule has 0 saturated heterocycles. The van der Waals surface area contributed by atoms with Gasteiger partial charge in [-0.1, -0.05) is 44.2 Å². The second kappa shape index (κ2) is 8.49. The monoisotopic (exact) mass is 408 g/mol. The fourth-order valence-electron chi connectivity index (χ4n) is 3.44. The van der Waals surface area contributed by atoms with E-state index in [1.165, 1.54) is 19.1 Å². The molecule has 0 radical (unpaired) electrons. The molecule has 1 aliphatic rings. The van der Waals surface area contributed by atoms with Gasteiger partial charge in [0.2, 0.25) is 0 Å². The van der Waals surface area contributed by atoms with Crippen LogP contribution < -0.4 is 5.32 Å². The van der Waals surface area contributed by atoms with Crippen molar-refractivity contribution in [2.75, 3.05) is 11.9 Å². The molecule has 1 aliphatic heterocycles. The topological polar surface area (TPSA) is 92.8 Å². The van der Waals surface area contributed by atoms with Gasteiger partial charge < -0.3 is 10.1 Å². The number of amides is 3. The van der Waals surface area contributed by atoms with Crippen LogP contribution in [0.1, 0.15) is 58.5 Å². The first-order valence-corrected chi connectivity index (χ1v) is 9.75. The smallest absolute Gasteiger partial charge is 0.329 e. The SMILES string of the molecule is Cc1cccc(C(C)C)c1NC(=O)COC(=O)[C@@H](C)N1C(=O)c2ccccc2C1=O. The van der Waals surface area contributed by atoms with E-state index in [-0.39, 0.29) is 17.0 Å². The van der Waals surface area contributed by atoms with Gasteiger partial charge in [-0.15, -0.1) is 0 Å². The maximum Gasteiger partial charge on any atom is 0.329 e. The van der Waals surface area contributed by atoms with Crippen LogP contribution in [0.15, 0.2) is 42.5 Å². The lowest BCUT2D eigenvalue weighted by molar-refractivity contribution is -0.150. The standard InChI is InChI=1S/C23H24N2O5/c1-13(2)16-11-7-8-14(3)20(16)24-19(26)12-30-23(29)15(4)25-21(27)17-9-5-6-10-18(17)22(25)28/h5-11,13,15H,12H2,1-4H3,(H,24,26)/t15-/m1/s1. The van der Waals surface area contributed by atoms with Gasteiger partial charge in [0, 0.05) is 5.69 Å². The lowest BCUT2D eigenvalue weighted by Crippen LogP contribution is -2.44. The van der Waals surface area contributed by atoms with E-state index < -0.39 is 36.3 Å². The van der Waals surface area contributed by atoms with Gasteiger partial charge in [-0.3, -0.25) is 19.3 Å². The third-order valence-corrected chi connectivity index (χ3v) is 5.09. The van der Waals surface area contributed by atoms with Gasteiger partial charge in [0.05, 0.1) is 11.1 Å². The van der Waals surface area contributed by atoms with Gasteiger partial charge >= 0.3 is 5.97 Å². The summed E-state index contributed by atoms with van der Waals surface area (Å²) >= 11 is 0. The largest absolute Gasteiger partial charge is 0.454 e. The van der Waals surface area contributed by atoms with Crippen LogP contribution in [0.4, 0.5) is 5.69 Å². The number of benzene rings is 2. The van der Waals surface area contributed by atoms with Crippen molar-refractivity contribution in [3.63, 3.8) is 0 Å². The van der Waals surface area contributed by atoms with Gasteiger partial charge in [0.1, 0.15) is 6.04 Å². The number of imide groups is 1. The molecule has 2 aromatic carbocycles. The molecule has 7 nitrogen and oxygen atoms in total. The molecule has 0 bridgehead atoms. The highest BCUT2D eigenvalue weighted by Gasteiger charge is 2.41. The molecule has 2 aromatic rings. The minimum Gasteiger partial charge on any atom is -0.454 e. The normalized spacial score (nSPS) is 14.0. The number of hydrogen-bond acceptors (Lipinski definition) is 5. The quantitative estimate of drug-likeness (QED) is 0.585. The minimum atomic E-state index is -1.14. The summed E-state index contributed by atoms with van der Waals surface area (Å²) in [4.78, 5) is 50.6. The molecule has 0 aliphatic carbocycles. The highest BCUT2D eigenvalue weighted by atomic mass is 16.5. The van der Waals surface area contributed by atoms with Crippen molar-refractivity contribution < 1.29 is 23.9 Å². The summed E-state index contributed by atoms with van der Waals surface area (Å²) in [5.74, 6) is -2.21. The third kappa shape index (κ3) is 3.96. The van der Waals surface area contributed by atoms with E-state index in [0.29, 0.717) is 5.69 Å². The molecule has 3 amide bonds. The fraction of sp³-hybridized carbons (Fsp3) is 0.304. The Balaban J connectivity index is 1.63. The number of anilines is 1. The number of carbonyl (C=O) groups excluding carboxylic acids is 4. The van der Waals surface area contributed by atoms with Gasteiger partial charge in [-0.2, -0.15) is 0 Å². The Bertz CT molecular complexity index is 993. The molecule has 3 rings (SSSR count). The van der Waals surface area contributed by atoms with Gasteiger partial charge in [-0.05, 0) is 43.0 Å². The van der Waals surface area contributed by atoms with Crippen LogP contribution in [0.5, 0.6) is 0 Å². The number of para-hydroxylation sites is 1. The fourth-order valence-corrected chi connectivity index (χ4v) is 3.44. The Morgan fingerprint density at radius 1 is 0.967 bits per heavy atom. The van der Waals surface area contributed by atoms with Crippen molar-refractivity contribution in [3.8, 4) is 0 Å². The number of nitrogens with one attached hydrogen (secondary N) is 1. The van der Waals surface area contributed by atoms with E-state index in [1.54, 1.807) is 12.1 Å². The summed E-state index contributed by atoms with van der Waals surface area (Å²) in [6.07, 6.45) is 0. The van der Waals surface area contributed by atoms with Crippen LogP contribution in [-0.4, -0.2) is 41.2 Å². The first kappa shape index (κ1) is 21.2. The molecular weight excluding hydrogens is 384 g/mol. The van der Waals surface area contributed by atoms with E-state index in [0.717, 1.165) is 16.0 Å². The Morgan fingerprint density at radius 3 is 2.13 bits per heavy atom. The highest BCUT2D eigenvalue weighted by molar-refractivity contribution is 6.22. The van der Waals surface area contributed by atoms with Crippen LogP contribution in [-0.2, 0) is 14.3 Å². The van der Waals surface area contributed by atoms with E-state index in [9.17, 15) is 19.2 Å². The molecule has 1 N–H and O–H groups in total. The zero-order valence-electron chi connectivity index (χ0n) is 17.4. The summed E-state index contributed by atoms with van der Waals surface area (Å²) < 4.78 is 5.09. The zero-order valence-corrected chi connectivity index (χ0v) is 17.4. The summed E-state index contributed by atoms with van der Waals surface area (Å²) in [5.41, 5.74) is 3.08. The molecule has 7 heteroatoms. The summed E-state index contributed by atoms with van der Waals surface area (Å²) in [6, 6.07) is 11.0. The Morgan fingerprint density at radius 2 is 1.57 bits per heavy atom. The highest BCUT2D eigenvalue weighted by Crippen LogP contribution is 2.27. The number of nitrogens with zero attached hydrogens (tertiary/aromatic N) is 1. The predicted octanol–water partition coefficient (Wildman–Crippen LogP) is 3.28. The maximum atomic E-state index is 12.5. The van der Waals surface area contributed by atoms with E-state index in [1.807, 2.05) is 39.0 Å². The summed E-state index contributed by atoms with van der Waals surface area (Å²) in [7, 11) is 0. The van der Waals surface area contributed by atoms with E-state index in [4.69, 9.17) is 4.74 Å². The Hall–Kier alpha value is -3.48. The van der Waals surface area contributed by atoms with Gasteiger partial charge in [0.25, 0.3) is 17.7 Å². The van der Waals surface area contributed by atoms with Crippen molar-refractivity contribution in [2.45, 2.75) is 39.7 Å². The molecule has 30 heavy (non-hydrogen) atoms. The molecule has 0 fully saturated rings. The molecule has 0 aromatic heterocycles. The van der Waals surface area contributed by atoms with Crippen LogP contribution in [0.2, 0.25) is 0 Å². The summed E-state index contributed by atoms with van der Waals surface area (Å²) in [6.45, 7) is 6.82. The van der Waals surface area contributed by atoms with E-state index in [2.05, 4.69) is 5.32 Å². The van der Waals surface area contributed by atoms with Crippen molar-refractivity contribution in [1.82, 2.24) is 4.90 Å². The van der Waals surface area contributed by atoms with Gasteiger partial charge in [0.15, 0.2) is 6.61 Å². The molecule has 156 valence electrons. The second-order valence-electron chi connectivity index (χ2n) is 7.55. The molecule has 0 spiro atoms. The van der Waals surface area contributed by atoms with Crippen LogP contribution in [0, 0.1) is 6.92 Å². The number of ether oxygens (including phenoxy) is 1. The van der Waals surface area contributed by atoms with Crippen LogP contribution in [0.25, 0.3) is 0 Å². The second-order valence-corrected chi connectivity index (χ2v) is 7.55. The predicted molar refractivity (Wildman–Crippen MR) is 111 cm³/mol. The van der Waals surface area contributed by atoms with E-state index >= 15 is 0 Å². The Kier molecular flexibility index (Phi) is 6.01. The molecule has 0 unspecified atom stereocenters. The first-order valence-electron chi connectivity index (χ1n) is 9.75. The average molecular weight is 408 g/mol. The van der Waals surface area contributed by atoms with Crippen LogP contribution in [0.3, 0.4) is 0 Å².